The highest BCUT2D eigenvalue weighted by molar-refractivity contribution is 7.93. The number of aromatic nitrogens is 1. The normalized spacial score (nSPS) is 16.4. The van der Waals surface area contributed by atoms with E-state index in [1.165, 1.54) is 0 Å². The fourth-order valence-electron chi connectivity index (χ4n) is 3.24. The number of rotatable bonds is 6. The third-order valence-corrected chi connectivity index (χ3v) is 12.4. The van der Waals surface area contributed by atoms with Gasteiger partial charge in [-0.05, 0) is 55.2 Å². The minimum Gasteiger partial charge on any atom is -0.542 e. The van der Waals surface area contributed by atoms with E-state index in [0.29, 0.717) is 24.4 Å². The zero-order valence-electron chi connectivity index (χ0n) is 18.6. The van der Waals surface area contributed by atoms with Gasteiger partial charge in [0.15, 0.2) is 0 Å². The van der Waals surface area contributed by atoms with E-state index in [-0.39, 0.29) is 5.04 Å². The van der Waals surface area contributed by atoms with Gasteiger partial charge >= 0.3 is 0 Å². The van der Waals surface area contributed by atoms with Crippen LogP contribution in [0.4, 0.5) is 11.5 Å². The Bertz CT molecular complexity index is 934. The van der Waals surface area contributed by atoms with Crippen molar-refractivity contribution < 1.29 is 12.8 Å². The zero-order chi connectivity index (χ0) is 22.0. The molecule has 1 saturated heterocycles. The Morgan fingerprint density at radius 1 is 1.07 bits per heavy atom. The monoisotopic (exact) mass is 447 g/mol. The van der Waals surface area contributed by atoms with Crippen molar-refractivity contribution in [1.29, 1.82) is 0 Å². The van der Waals surface area contributed by atoms with Crippen LogP contribution < -0.4 is 14.0 Å². The van der Waals surface area contributed by atoms with Gasteiger partial charge in [0.2, 0.25) is 10.0 Å². The lowest BCUT2D eigenvalue weighted by atomic mass is 10.1. The molecule has 0 saturated carbocycles. The van der Waals surface area contributed by atoms with Gasteiger partial charge in [-0.1, -0.05) is 39.0 Å². The summed E-state index contributed by atoms with van der Waals surface area (Å²) in [6.07, 6.45) is 2.80. The molecule has 0 aliphatic carbocycles. The number of nitrogens with zero attached hydrogens (tertiary/aromatic N) is 2. The van der Waals surface area contributed by atoms with Crippen LogP contribution in [-0.4, -0.2) is 40.1 Å². The van der Waals surface area contributed by atoms with Gasteiger partial charge in [0.1, 0.15) is 11.6 Å². The van der Waals surface area contributed by atoms with Crippen LogP contribution in [0.15, 0.2) is 48.7 Å². The first-order chi connectivity index (χ1) is 14.0. The molecular weight excluding hydrogens is 414 g/mol. The highest BCUT2D eigenvalue weighted by Crippen LogP contribution is 2.37. The number of sulfonamides is 1. The van der Waals surface area contributed by atoms with E-state index in [9.17, 15) is 8.42 Å². The molecule has 2 heterocycles. The maximum atomic E-state index is 12.8. The van der Waals surface area contributed by atoms with Gasteiger partial charge in [-0.25, -0.2) is 13.4 Å². The van der Waals surface area contributed by atoms with Gasteiger partial charge in [-0.2, -0.15) is 0 Å². The molecule has 1 aliphatic rings. The summed E-state index contributed by atoms with van der Waals surface area (Å²) in [5.74, 6) is 1.02. The highest BCUT2D eigenvalue weighted by atomic mass is 32.2. The van der Waals surface area contributed by atoms with Gasteiger partial charge in [-0.3, -0.25) is 4.72 Å². The number of piperidine rings is 1. The fraction of sp³-hybridized carbons (Fsp3) is 0.500. The molecule has 0 amide bonds. The van der Waals surface area contributed by atoms with Crippen LogP contribution in [0.25, 0.3) is 0 Å². The van der Waals surface area contributed by atoms with Gasteiger partial charge in [0, 0.05) is 18.8 Å². The number of hydrogen-bond acceptors (Lipinski definition) is 5. The van der Waals surface area contributed by atoms with E-state index >= 15 is 0 Å². The van der Waals surface area contributed by atoms with Crippen LogP contribution in [-0.2, 0) is 10.0 Å². The Labute approximate surface area is 181 Å². The van der Waals surface area contributed by atoms with E-state index in [1.807, 2.05) is 18.2 Å². The molecule has 1 aromatic heterocycles. The molecule has 2 aromatic rings. The summed E-state index contributed by atoms with van der Waals surface area (Å²) in [4.78, 5) is 6.52. The van der Waals surface area contributed by atoms with Crippen molar-refractivity contribution in [2.24, 2.45) is 0 Å². The fourth-order valence-corrected chi connectivity index (χ4v) is 5.67. The Balaban J connectivity index is 1.59. The molecule has 1 fully saturated rings. The van der Waals surface area contributed by atoms with Gasteiger partial charge in [0.25, 0.3) is 8.32 Å². The van der Waals surface area contributed by atoms with E-state index in [4.69, 9.17) is 4.43 Å². The third-order valence-electron chi connectivity index (χ3n) is 6.16. The van der Waals surface area contributed by atoms with Crippen molar-refractivity contribution in [3.8, 4) is 5.75 Å². The first kappa shape index (κ1) is 22.6. The number of nitrogens with one attached hydrogen (secondary N) is 1. The predicted octanol–water partition coefficient (Wildman–Crippen LogP) is 4.88. The van der Waals surface area contributed by atoms with Crippen LogP contribution >= 0.6 is 0 Å². The van der Waals surface area contributed by atoms with E-state index in [2.05, 4.69) is 60.6 Å². The second-order valence-corrected chi connectivity index (χ2v) is 16.1. The molecule has 0 spiro atoms. The van der Waals surface area contributed by atoms with E-state index < -0.39 is 23.6 Å². The average molecular weight is 448 g/mol. The number of benzene rings is 1. The summed E-state index contributed by atoms with van der Waals surface area (Å²) in [6, 6.07) is 13.6. The molecule has 3 rings (SSSR count). The number of para-hydroxylation sites is 1. The Hall–Kier alpha value is -2.06. The van der Waals surface area contributed by atoms with Crippen LogP contribution in [0.5, 0.6) is 5.75 Å². The maximum Gasteiger partial charge on any atom is 0.250 e. The minimum absolute atomic E-state index is 0.0852. The van der Waals surface area contributed by atoms with Crippen molar-refractivity contribution in [1.82, 2.24) is 4.98 Å². The van der Waals surface area contributed by atoms with Crippen molar-refractivity contribution in [2.75, 3.05) is 22.7 Å². The Morgan fingerprint density at radius 3 is 2.23 bits per heavy atom. The van der Waals surface area contributed by atoms with Crippen LogP contribution in [0, 0.1) is 0 Å². The Morgan fingerprint density at radius 2 is 1.70 bits per heavy atom. The van der Waals surface area contributed by atoms with Crippen molar-refractivity contribution >= 4 is 29.8 Å². The smallest absolute Gasteiger partial charge is 0.250 e. The SMILES string of the molecule is CC(C)(C)[Si](C)(C)Oc1ccc(NS(=O)(=O)C2CCN(c3ccccc3)CC2)nc1. The summed E-state index contributed by atoms with van der Waals surface area (Å²) in [7, 11) is -5.44. The first-order valence-corrected chi connectivity index (χ1v) is 14.9. The molecule has 1 aliphatic heterocycles. The second kappa shape index (κ2) is 8.59. The van der Waals surface area contributed by atoms with Crippen molar-refractivity contribution in [3.05, 3.63) is 48.7 Å². The van der Waals surface area contributed by atoms with Crippen molar-refractivity contribution in [2.45, 2.75) is 57.0 Å². The molecule has 164 valence electrons. The van der Waals surface area contributed by atoms with Crippen LogP contribution in [0.3, 0.4) is 0 Å². The largest absolute Gasteiger partial charge is 0.542 e. The topological polar surface area (TPSA) is 71.5 Å². The lowest BCUT2D eigenvalue weighted by Gasteiger charge is -2.36. The van der Waals surface area contributed by atoms with E-state index in [1.54, 1.807) is 18.3 Å². The Kier molecular flexibility index (Phi) is 6.47. The third kappa shape index (κ3) is 5.34. The molecule has 1 aromatic carbocycles. The van der Waals surface area contributed by atoms with Crippen molar-refractivity contribution in [3.63, 3.8) is 0 Å². The first-order valence-electron chi connectivity index (χ1n) is 10.4. The predicted molar refractivity (Wildman–Crippen MR) is 126 cm³/mol. The van der Waals surface area contributed by atoms with Gasteiger partial charge in [-0.15, -0.1) is 0 Å². The highest BCUT2D eigenvalue weighted by Gasteiger charge is 2.39. The molecule has 6 nitrogen and oxygen atoms in total. The standard InChI is InChI=1S/C22H33N3O3SSi/c1-22(2,3)30(4,5)28-19-11-12-21(23-17-19)24-29(26,27)20-13-15-25(16-14-20)18-9-7-6-8-10-18/h6-12,17,20H,13-16H2,1-5H3,(H,23,24). The number of hydrogen-bond donors (Lipinski definition) is 1. The quantitative estimate of drug-likeness (QED) is 0.639. The van der Waals surface area contributed by atoms with Crippen LogP contribution in [0.2, 0.25) is 18.1 Å². The molecule has 0 radical (unpaired) electrons. The second-order valence-electron chi connectivity index (χ2n) is 9.41. The molecule has 30 heavy (non-hydrogen) atoms. The summed E-state index contributed by atoms with van der Waals surface area (Å²) >= 11 is 0. The van der Waals surface area contributed by atoms with E-state index in [0.717, 1.165) is 18.8 Å². The van der Waals surface area contributed by atoms with Gasteiger partial charge in [0.05, 0.1) is 11.4 Å². The molecule has 0 atom stereocenters. The molecule has 0 unspecified atom stereocenters. The summed E-state index contributed by atoms with van der Waals surface area (Å²) in [5, 5.41) is -0.329. The summed E-state index contributed by atoms with van der Waals surface area (Å²) in [6.45, 7) is 12.3. The minimum atomic E-state index is -3.48. The van der Waals surface area contributed by atoms with Gasteiger partial charge < -0.3 is 9.33 Å². The number of pyridine rings is 1. The van der Waals surface area contributed by atoms with Crippen LogP contribution in [0.1, 0.15) is 33.6 Å². The molecular formula is C22H33N3O3SSi. The zero-order valence-corrected chi connectivity index (χ0v) is 20.4. The molecule has 0 bridgehead atoms. The molecule has 1 N–H and O–H groups in total. The number of anilines is 2. The summed E-state index contributed by atoms with van der Waals surface area (Å²) in [5.41, 5.74) is 1.14. The average Bonchev–Trinajstić information content (AvgIpc) is 2.69. The lowest BCUT2D eigenvalue weighted by molar-refractivity contribution is 0.490. The maximum absolute atomic E-state index is 12.8. The molecule has 8 heteroatoms. The summed E-state index contributed by atoms with van der Waals surface area (Å²) < 4.78 is 34.6. The lowest BCUT2D eigenvalue weighted by Crippen LogP contribution is -2.43.